The number of sulfonamides is 1. The summed E-state index contributed by atoms with van der Waals surface area (Å²) in [6.45, 7) is 6.13. The number of hydrogen-bond acceptors (Lipinski definition) is 4. The van der Waals surface area contributed by atoms with Crippen molar-refractivity contribution in [3.8, 4) is 0 Å². The van der Waals surface area contributed by atoms with Gasteiger partial charge in [-0.15, -0.1) is 0 Å². The third-order valence-electron chi connectivity index (χ3n) is 4.59. The second kappa shape index (κ2) is 10.6. The van der Waals surface area contributed by atoms with Crippen LogP contribution in [0.5, 0.6) is 0 Å². The molecule has 1 aliphatic heterocycles. The van der Waals surface area contributed by atoms with Crippen LogP contribution >= 0.6 is 0 Å². The van der Waals surface area contributed by atoms with Crippen LogP contribution in [0, 0.1) is 0 Å². The first-order valence-electron chi connectivity index (χ1n) is 8.80. The summed E-state index contributed by atoms with van der Waals surface area (Å²) in [6.07, 6.45) is 7.38. The van der Waals surface area contributed by atoms with Gasteiger partial charge in [-0.05, 0) is 65.8 Å². The molecule has 0 bridgehead atoms. The maximum Gasteiger partial charge on any atom is 0.211 e. The van der Waals surface area contributed by atoms with E-state index in [1.807, 2.05) is 6.92 Å². The lowest BCUT2D eigenvalue weighted by Gasteiger charge is -2.35. The summed E-state index contributed by atoms with van der Waals surface area (Å²) in [7, 11) is 1.38. The molecule has 1 saturated heterocycles. The molecule has 0 aromatic carbocycles. The second-order valence-electron chi connectivity index (χ2n) is 6.64. The zero-order chi connectivity index (χ0) is 16.4. The van der Waals surface area contributed by atoms with Crippen molar-refractivity contribution in [2.45, 2.75) is 57.9 Å². The van der Waals surface area contributed by atoms with Crippen LogP contribution in [0.1, 0.15) is 51.9 Å². The summed E-state index contributed by atoms with van der Waals surface area (Å²) < 4.78 is 26.0. The Labute approximate surface area is 137 Å². The van der Waals surface area contributed by atoms with E-state index in [2.05, 4.69) is 28.6 Å². The van der Waals surface area contributed by atoms with Crippen molar-refractivity contribution in [2.75, 3.05) is 46.0 Å². The first-order chi connectivity index (χ1) is 10.4. The van der Waals surface area contributed by atoms with Gasteiger partial charge >= 0.3 is 0 Å². The topological polar surface area (TPSA) is 52.7 Å². The van der Waals surface area contributed by atoms with Gasteiger partial charge in [-0.3, -0.25) is 0 Å². The van der Waals surface area contributed by atoms with Gasteiger partial charge in [0.2, 0.25) is 10.0 Å². The van der Waals surface area contributed by atoms with Crippen LogP contribution in [0.25, 0.3) is 0 Å². The molecule has 1 aliphatic rings. The van der Waals surface area contributed by atoms with Crippen LogP contribution in [0.3, 0.4) is 0 Å². The average Bonchev–Trinajstić information content (AvgIpc) is 2.49. The van der Waals surface area contributed by atoms with Crippen LogP contribution in [0.4, 0.5) is 0 Å². The molecule has 0 saturated carbocycles. The van der Waals surface area contributed by atoms with E-state index in [-0.39, 0.29) is 5.75 Å². The first-order valence-corrected chi connectivity index (χ1v) is 10.5. The highest BCUT2D eigenvalue weighted by molar-refractivity contribution is 7.89. The largest absolute Gasteiger partial charge is 0.306 e. The molecule has 22 heavy (non-hydrogen) atoms. The van der Waals surface area contributed by atoms with Crippen molar-refractivity contribution in [1.82, 2.24) is 14.5 Å². The van der Waals surface area contributed by atoms with Gasteiger partial charge in [0.25, 0.3) is 0 Å². The van der Waals surface area contributed by atoms with E-state index < -0.39 is 10.0 Å². The molecule has 0 amide bonds. The van der Waals surface area contributed by atoms with Gasteiger partial charge in [0.1, 0.15) is 0 Å². The van der Waals surface area contributed by atoms with E-state index in [0.29, 0.717) is 6.54 Å². The fourth-order valence-corrected chi connectivity index (χ4v) is 4.18. The Kier molecular flexibility index (Phi) is 9.55. The van der Waals surface area contributed by atoms with Crippen LogP contribution in [-0.2, 0) is 10.0 Å². The molecule has 0 aliphatic carbocycles. The predicted octanol–water partition coefficient (Wildman–Crippen LogP) is 1.90. The second-order valence-corrected chi connectivity index (χ2v) is 8.57. The van der Waals surface area contributed by atoms with Crippen molar-refractivity contribution in [3.05, 3.63) is 0 Å². The third kappa shape index (κ3) is 8.46. The summed E-state index contributed by atoms with van der Waals surface area (Å²) in [6, 6.07) is 0.726. The molecule has 1 fully saturated rings. The Morgan fingerprint density at radius 1 is 1.14 bits per heavy atom. The van der Waals surface area contributed by atoms with Crippen LogP contribution in [-0.4, -0.2) is 70.3 Å². The molecule has 0 unspecified atom stereocenters. The summed E-state index contributed by atoms with van der Waals surface area (Å²) in [5.74, 6) is 0.266. The number of hydrogen-bond donors (Lipinski definition) is 1. The fourth-order valence-electron chi connectivity index (χ4n) is 2.92. The number of nitrogens with zero attached hydrogens (tertiary/aromatic N) is 2. The van der Waals surface area contributed by atoms with Gasteiger partial charge < -0.3 is 9.80 Å². The van der Waals surface area contributed by atoms with Crippen molar-refractivity contribution >= 4 is 10.0 Å². The molecule has 132 valence electrons. The molecule has 0 spiro atoms. The Hall–Kier alpha value is -0.170. The molecule has 1 N–H and O–H groups in total. The van der Waals surface area contributed by atoms with Gasteiger partial charge in [0.15, 0.2) is 0 Å². The van der Waals surface area contributed by atoms with Gasteiger partial charge in [-0.2, -0.15) is 0 Å². The molecule has 0 aromatic rings. The number of likely N-dealkylation sites (tertiary alicyclic amines) is 1. The van der Waals surface area contributed by atoms with Gasteiger partial charge in [-0.25, -0.2) is 13.1 Å². The maximum absolute atomic E-state index is 11.6. The standard InChI is InChI=1S/C16H35N3O2S/c1-4-5-15-22(20,21)17-11-7-6-8-12-19(3)16-9-13-18(2)14-10-16/h16-17H,4-15H2,1-3H3. The first kappa shape index (κ1) is 19.9. The van der Waals surface area contributed by atoms with Crippen LogP contribution in [0.15, 0.2) is 0 Å². The summed E-state index contributed by atoms with van der Waals surface area (Å²) in [4.78, 5) is 4.88. The number of rotatable bonds is 11. The normalized spacial score (nSPS) is 18.2. The highest BCUT2D eigenvalue weighted by Gasteiger charge is 2.19. The molecule has 5 nitrogen and oxygen atoms in total. The monoisotopic (exact) mass is 333 g/mol. The SMILES string of the molecule is CCCCS(=O)(=O)NCCCCCN(C)C1CCN(C)CC1. The van der Waals surface area contributed by atoms with E-state index in [9.17, 15) is 8.42 Å². The minimum atomic E-state index is -3.03. The zero-order valence-corrected chi connectivity index (χ0v) is 15.5. The van der Waals surface area contributed by atoms with E-state index >= 15 is 0 Å². The smallest absolute Gasteiger partial charge is 0.211 e. The van der Waals surface area contributed by atoms with E-state index in [4.69, 9.17) is 0 Å². The average molecular weight is 334 g/mol. The van der Waals surface area contributed by atoms with Gasteiger partial charge in [0.05, 0.1) is 5.75 Å². The highest BCUT2D eigenvalue weighted by Crippen LogP contribution is 2.14. The van der Waals surface area contributed by atoms with Crippen molar-refractivity contribution in [3.63, 3.8) is 0 Å². The van der Waals surface area contributed by atoms with E-state index in [1.54, 1.807) is 0 Å². The molecular formula is C16H35N3O2S. The van der Waals surface area contributed by atoms with Crippen molar-refractivity contribution < 1.29 is 8.42 Å². The Balaban J connectivity index is 2.03. The zero-order valence-electron chi connectivity index (χ0n) is 14.7. The van der Waals surface area contributed by atoms with E-state index in [1.165, 1.54) is 25.9 Å². The lowest BCUT2D eigenvalue weighted by atomic mass is 10.0. The van der Waals surface area contributed by atoms with Gasteiger partial charge in [-0.1, -0.05) is 19.8 Å². The number of piperidine rings is 1. The van der Waals surface area contributed by atoms with Crippen molar-refractivity contribution in [1.29, 1.82) is 0 Å². The van der Waals surface area contributed by atoms with Crippen molar-refractivity contribution in [2.24, 2.45) is 0 Å². The predicted molar refractivity (Wildman–Crippen MR) is 93.7 cm³/mol. The number of unbranched alkanes of at least 4 members (excludes halogenated alkanes) is 3. The maximum atomic E-state index is 11.6. The third-order valence-corrected chi connectivity index (χ3v) is 6.06. The van der Waals surface area contributed by atoms with Gasteiger partial charge in [0, 0.05) is 12.6 Å². The molecule has 0 aromatic heterocycles. The minimum absolute atomic E-state index is 0.266. The minimum Gasteiger partial charge on any atom is -0.306 e. The van der Waals surface area contributed by atoms with E-state index in [0.717, 1.165) is 44.7 Å². The highest BCUT2D eigenvalue weighted by atomic mass is 32.2. The molecule has 0 radical (unpaired) electrons. The Bertz CT molecular complexity index is 379. The lowest BCUT2D eigenvalue weighted by Crippen LogP contribution is -2.42. The Morgan fingerprint density at radius 3 is 2.45 bits per heavy atom. The quantitative estimate of drug-likeness (QED) is 0.587. The van der Waals surface area contributed by atoms with Crippen LogP contribution < -0.4 is 4.72 Å². The molecule has 1 rings (SSSR count). The molecule has 1 heterocycles. The summed E-state index contributed by atoms with van der Waals surface area (Å²) >= 11 is 0. The molecule has 0 atom stereocenters. The summed E-state index contributed by atoms with van der Waals surface area (Å²) in [5, 5.41) is 0. The number of nitrogens with one attached hydrogen (secondary N) is 1. The summed E-state index contributed by atoms with van der Waals surface area (Å²) in [5.41, 5.74) is 0. The molecule has 6 heteroatoms. The van der Waals surface area contributed by atoms with Crippen LogP contribution in [0.2, 0.25) is 0 Å². The fraction of sp³-hybridized carbons (Fsp3) is 1.00. The Morgan fingerprint density at radius 2 is 1.82 bits per heavy atom. The molecular weight excluding hydrogens is 298 g/mol. The lowest BCUT2D eigenvalue weighted by molar-refractivity contribution is 0.142.